The zero-order chi connectivity index (χ0) is 19.3. The number of hydrogen-bond acceptors (Lipinski definition) is 5. The standard InChI is InChI=1S/C22H15ClN4O/c1-2-4-15-6-8-20-18(11-15)22(26-14-25-20)27-16-7-9-21(19(23)12-16)28-17-5-3-10-24-13-17/h3,5-14H,1H3,(H,25,26,27). The first-order valence-corrected chi connectivity index (χ1v) is 8.93. The first-order valence-electron chi connectivity index (χ1n) is 8.55. The lowest BCUT2D eigenvalue weighted by Crippen LogP contribution is -1.97. The van der Waals surface area contributed by atoms with Gasteiger partial charge in [0.15, 0.2) is 0 Å². The predicted octanol–water partition coefficient (Wildman–Crippen LogP) is 5.59. The molecule has 0 saturated heterocycles. The fourth-order valence-electron chi connectivity index (χ4n) is 2.71. The summed E-state index contributed by atoms with van der Waals surface area (Å²) in [6.07, 6.45) is 4.84. The normalized spacial score (nSPS) is 10.2. The maximum Gasteiger partial charge on any atom is 0.146 e. The highest BCUT2D eigenvalue weighted by Crippen LogP contribution is 2.33. The molecule has 0 bridgehead atoms. The highest BCUT2D eigenvalue weighted by atomic mass is 35.5. The van der Waals surface area contributed by atoms with Crippen molar-refractivity contribution in [3.8, 4) is 23.3 Å². The Labute approximate surface area is 167 Å². The molecular formula is C22H15ClN4O. The van der Waals surface area contributed by atoms with Crippen LogP contribution >= 0.6 is 11.6 Å². The molecule has 4 aromatic rings. The zero-order valence-electron chi connectivity index (χ0n) is 15.0. The molecule has 0 aliphatic carbocycles. The number of ether oxygens (including phenoxy) is 1. The summed E-state index contributed by atoms with van der Waals surface area (Å²) in [7, 11) is 0. The molecular weight excluding hydrogens is 372 g/mol. The monoisotopic (exact) mass is 386 g/mol. The van der Waals surface area contributed by atoms with Crippen molar-refractivity contribution in [2.75, 3.05) is 5.32 Å². The molecule has 6 heteroatoms. The van der Waals surface area contributed by atoms with Crippen molar-refractivity contribution in [3.63, 3.8) is 0 Å². The SMILES string of the molecule is CC#Cc1ccc2ncnc(Nc3ccc(Oc4cccnc4)c(Cl)c3)c2c1. The fraction of sp³-hybridized carbons (Fsp3) is 0.0455. The summed E-state index contributed by atoms with van der Waals surface area (Å²) in [5, 5.41) is 4.66. The van der Waals surface area contributed by atoms with E-state index in [0.717, 1.165) is 22.2 Å². The smallest absolute Gasteiger partial charge is 0.146 e. The highest BCUT2D eigenvalue weighted by molar-refractivity contribution is 6.32. The van der Waals surface area contributed by atoms with E-state index in [1.54, 1.807) is 30.6 Å². The average molecular weight is 387 g/mol. The summed E-state index contributed by atoms with van der Waals surface area (Å²) < 4.78 is 5.76. The molecule has 0 amide bonds. The van der Waals surface area contributed by atoms with Crippen LogP contribution in [-0.4, -0.2) is 15.0 Å². The van der Waals surface area contributed by atoms with Gasteiger partial charge in [0.05, 0.1) is 16.7 Å². The van der Waals surface area contributed by atoms with Gasteiger partial charge in [0, 0.05) is 22.8 Å². The van der Waals surface area contributed by atoms with Crippen LogP contribution in [0.2, 0.25) is 5.02 Å². The Bertz CT molecular complexity index is 1200. The molecule has 0 atom stereocenters. The molecule has 0 aliphatic rings. The fourth-order valence-corrected chi connectivity index (χ4v) is 2.93. The molecule has 0 saturated carbocycles. The van der Waals surface area contributed by atoms with Crippen molar-refractivity contribution < 1.29 is 4.74 Å². The Morgan fingerprint density at radius 2 is 2.00 bits per heavy atom. The van der Waals surface area contributed by atoms with E-state index in [1.165, 1.54) is 6.33 Å². The molecule has 136 valence electrons. The molecule has 4 rings (SSSR count). The van der Waals surface area contributed by atoms with E-state index in [9.17, 15) is 0 Å². The van der Waals surface area contributed by atoms with Crippen LogP contribution in [0.3, 0.4) is 0 Å². The molecule has 0 unspecified atom stereocenters. The number of anilines is 2. The van der Waals surface area contributed by atoms with Gasteiger partial charge in [0.25, 0.3) is 0 Å². The third kappa shape index (κ3) is 3.88. The third-order valence-corrected chi connectivity index (χ3v) is 4.26. The van der Waals surface area contributed by atoms with Gasteiger partial charge < -0.3 is 10.1 Å². The van der Waals surface area contributed by atoms with Crippen molar-refractivity contribution in [1.29, 1.82) is 0 Å². The molecule has 1 N–H and O–H groups in total. The second-order valence-electron chi connectivity index (χ2n) is 5.89. The summed E-state index contributed by atoms with van der Waals surface area (Å²) in [6, 6.07) is 14.9. The second-order valence-corrected chi connectivity index (χ2v) is 6.30. The lowest BCUT2D eigenvalue weighted by Gasteiger charge is -2.11. The van der Waals surface area contributed by atoms with E-state index >= 15 is 0 Å². The Morgan fingerprint density at radius 3 is 2.79 bits per heavy atom. The minimum absolute atomic E-state index is 0.477. The lowest BCUT2D eigenvalue weighted by atomic mass is 10.1. The van der Waals surface area contributed by atoms with Gasteiger partial charge in [-0.1, -0.05) is 17.5 Å². The number of benzene rings is 2. The molecule has 2 aromatic carbocycles. The quantitative estimate of drug-likeness (QED) is 0.463. The van der Waals surface area contributed by atoms with Crippen LogP contribution in [-0.2, 0) is 0 Å². The average Bonchev–Trinajstić information content (AvgIpc) is 2.71. The molecule has 5 nitrogen and oxygen atoms in total. The number of aromatic nitrogens is 3. The van der Waals surface area contributed by atoms with Crippen molar-refractivity contribution >= 4 is 34.0 Å². The molecule has 28 heavy (non-hydrogen) atoms. The van der Waals surface area contributed by atoms with Gasteiger partial charge in [0.1, 0.15) is 23.6 Å². The Balaban J connectivity index is 1.63. The van der Waals surface area contributed by atoms with Crippen LogP contribution in [0.25, 0.3) is 10.9 Å². The molecule has 0 spiro atoms. The Morgan fingerprint density at radius 1 is 1.07 bits per heavy atom. The maximum absolute atomic E-state index is 6.39. The van der Waals surface area contributed by atoms with Crippen LogP contribution in [0.15, 0.2) is 67.3 Å². The predicted molar refractivity (Wildman–Crippen MR) is 111 cm³/mol. The van der Waals surface area contributed by atoms with Gasteiger partial charge in [-0.15, -0.1) is 5.92 Å². The van der Waals surface area contributed by atoms with Crippen molar-refractivity contribution in [2.24, 2.45) is 0 Å². The van der Waals surface area contributed by atoms with Crippen molar-refractivity contribution in [2.45, 2.75) is 6.92 Å². The van der Waals surface area contributed by atoms with Crippen molar-refractivity contribution in [1.82, 2.24) is 15.0 Å². The minimum Gasteiger partial charge on any atom is -0.454 e. The number of hydrogen-bond donors (Lipinski definition) is 1. The topological polar surface area (TPSA) is 59.9 Å². The number of fused-ring (bicyclic) bond motifs is 1. The number of nitrogens with one attached hydrogen (secondary N) is 1. The summed E-state index contributed by atoms with van der Waals surface area (Å²) in [5.41, 5.74) is 2.53. The van der Waals surface area contributed by atoms with Gasteiger partial charge in [-0.05, 0) is 55.5 Å². The number of nitrogens with zero attached hydrogens (tertiary/aromatic N) is 3. The Hall–Kier alpha value is -3.62. The molecule has 2 heterocycles. The number of pyridine rings is 1. The third-order valence-electron chi connectivity index (χ3n) is 3.96. The molecule has 2 aromatic heterocycles. The van der Waals surface area contributed by atoms with Crippen LogP contribution < -0.4 is 10.1 Å². The van der Waals surface area contributed by atoms with Crippen LogP contribution in [0.1, 0.15) is 12.5 Å². The molecule has 0 radical (unpaired) electrons. The number of halogens is 1. The van der Waals surface area contributed by atoms with Crippen LogP contribution in [0, 0.1) is 11.8 Å². The van der Waals surface area contributed by atoms with E-state index in [2.05, 4.69) is 32.1 Å². The largest absolute Gasteiger partial charge is 0.454 e. The van der Waals surface area contributed by atoms with E-state index in [1.807, 2.05) is 37.3 Å². The molecule has 0 fully saturated rings. The first kappa shape index (κ1) is 17.8. The van der Waals surface area contributed by atoms with E-state index in [4.69, 9.17) is 16.3 Å². The number of rotatable bonds is 4. The summed E-state index contributed by atoms with van der Waals surface area (Å²) in [6.45, 7) is 1.81. The summed E-state index contributed by atoms with van der Waals surface area (Å²) in [5.74, 6) is 7.81. The molecule has 0 aliphatic heterocycles. The first-order chi connectivity index (χ1) is 13.7. The summed E-state index contributed by atoms with van der Waals surface area (Å²) >= 11 is 6.39. The lowest BCUT2D eigenvalue weighted by molar-refractivity contribution is 0.480. The zero-order valence-corrected chi connectivity index (χ0v) is 15.7. The van der Waals surface area contributed by atoms with Gasteiger partial charge in [-0.3, -0.25) is 4.98 Å². The van der Waals surface area contributed by atoms with Gasteiger partial charge >= 0.3 is 0 Å². The van der Waals surface area contributed by atoms with Gasteiger partial charge in [0.2, 0.25) is 0 Å². The van der Waals surface area contributed by atoms with E-state index < -0.39 is 0 Å². The van der Waals surface area contributed by atoms with Gasteiger partial charge in [-0.25, -0.2) is 9.97 Å². The van der Waals surface area contributed by atoms with Crippen LogP contribution in [0.5, 0.6) is 11.5 Å². The highest BCUT2D eigenvalue weighted by Gasteiger charge is 2.08. The van der Waals surface area contributed by atoms with Crippen molar-refractivity contribution in [3.05, 3.63) is 77.8 Å². The summed E-state index contributed by atoms with van der Waals surface area (Å²) in [4.78, 5) is 12.7. The van der Waals surface area contributed by atoms with E-state index in [-0.39, 0.29) is 0 Å². The maximum atomic E-state index is 6.39. The van der Waals surface area contributed by atoms with Crippen LogP contribution in [0.4, 0.5) is 11.5 Å². The Kier molecular flexibility index (Phi) is 5.05. The van der Waals surface area contributed by atoms with Gasteiger partial charge in [-0.2, -0.15) is 0 Å². The minimum atomic E-state index is 0.477. The second kappa shape index (κ2) is 7.95. The van der Waals surface area contributed by atoms with E-state index in [0.29, 0.717) is 22.3 Å².